The van der Waals surface area contributed by atoms with Gasteiger partial charge in [0.15, 0.2) is 28.0 Å². The molecular weight excluding hydrogens is 316 g/mol. The zero-order valence-electron chi connectivity index (χ0n) is 12.3. The molecule has 3 heterocycles. The summed E-state index contributed by atoms with van der Waals surface area (Å²) in [6.07, 6.45) is 1.68. The molecule has 0 aliphatic heterocycles. The number of anilines is 1. The number of aromatic hydroxyl groups is 1. The molecule has 23 heavy (non-hydrogen) atoms. The Kier molecular flexibility index (Phi) is 4.69. The third kappa shape index (κ3) is 3.58. The zero-order chi connectivity index (χ0) is 16.1. The summed E-state index contributed by atoms with van der Waals surface area (Å²) < 4.78 is 9.37. The van der Waals surface area contributed by atoms with Gasteiger partial charge in [-0.05, 0) is 42.7 Å². The fourth-order valence-electron chi connectivity index (χ4n) is 1.79. The Morgan fingerprint density at radius 3 is 3.09 bits per heavy atom. The molecule has 3 aromatic heterocycles. The van der Waals surface area contributed by atoms with E-state index in [1.165, 1.54) is 17.6 Å². The van der Waals surface area contributed by atoms with Crippen LogP contribution in [0.25, 0.3) is 11.0 Å². The van der Waals surface area contributed by atoms with Gasteiger partial charge in [0.25, 0.3) is 0 Å². The number of rotatable bonds is 6. The highest BCUT2D eigenvalue weighted by molar-refractivity contribution is 7.11. The van der Waals surface area contributed by atoms with E-state index in [-0.39, 0.29) is 12.5 Å². The van der Waals surface area contributed by atoms with Crippen molar-refractivity contribution in [1.29, 1.82) is 0 Å². The SMILES string of the molecule is CCOCNc1nc(N=Nc2snc3ncccc23)ccc1O. The van der Waals surface area contributed by atoms with E-state index in [0.717, 1.165) is 5.39 Å². The second-order valence-electron chi connectivity index (χ2n) is 4.41. The highest BCUT2D eigenvalue weighted by atomic mass is 32.1. The third-order valence-electron chi connectivity index (χ3n) is 2.88. The first-order valence-corrected chi connectivity index (χ1v) is 7.69. The van der Waals surface area contributed by atoms with Crippen LogP contribution in [0, 0.1) is 0 Å². The fraction of sp³-hybridized carbons (Fsp3) is 0.214. The summed E-state index contributed by atoms with van der Waals surface area (Å²) in [4.78, 5) is 8.34. The van der Waals surface area contributed by atoms with Gasteiger partial charge in [-0.1, -0.05) is 0 Å². The average Bonchev–Trinajstić information content (AvgIpc) is 2.99. The summed E-state index contributed by atoms with van der Waals surface area (Å²) in [7, 11) is 0. The minimum absolute atomic E-state index is 0.0242. The molecule has 0 unspecified atom stereocenters. The van der Waals surface area contributed by atoms with Crippen LogP contribution in [-0.2, 0) is 4.74 Å². The Morgan fingerprint density at radius 2 is 2.22 bits per heavy atom. The normalized spacial score (nSPS) is 11.3. The third-order valence-corrected chi connectivity index (χ3v) is 3.62. The molecule has 9 heteroatoms. The van der Waals surface area contributed by atoms with Gasteiger partial charge in [-0.2, -0.15) is 4.37 Å². The molecule has 0 saturated heterocycles. The Hall–Kier alpha value is -2.65. The first-order valence-electron chi connectivity index (χ1n) is 6.91. The lowest BCUT2D eigenvalue weighted by molar-refractivity contribution is 0.166. The van der Waals surface area contributed by atoms with Crippen molar-refractivity contribution in [3.05, 3.63) is 30.5 Å². The van der Waals surface area contributed by atoms with Crippen molar-refractivity contribution in [2.45, 2.75) is 6.92 Å². The first-order chi connectivity index (χ1) is 11.3. The molecule has 0 fully saturated rings. The highest BCUT2D eigenvalue weighted by Crippen LogP contribution is 2.31. The van der Waals surface area contributed by atoms with Gasteiger partial charge < -0.3 is 15.2 Å². The maximum Gasteiger partial charge on any atom is 0.176 e. The first kappa shape index (κ1) is 15.3. The summed E-state index contributed by atoms with van der Waals surface area (Å²) in [5.74, 6) is 0.689. The molecule has 3 aromatic rings. The topological polar surface area (TPSA) is 105 Å². The molecule has 2 N–H and O–H groups in total. The number of fused-ring (bicyclic) bond motifs is 1. The molecule has 3 rings (SSSR count). The van der Waals surface area contributed by atoms with E-state index in [2.05, 4.69) is 29.9 Å². The van der Waals surface area contributed by atoms with E-state index < -0.39 is 0 Å². The largest absolute Gasteiger partial charge is 0.504 e. The minimum Gasteiger partial charge on any atom is -0.504 e. The van der Waals surface area contributed by atoms with Gasteiger partial charge in [-0.25, -0.2) is 9.97 Å². The predicted octanol–water partition coefficient (Wildman–Crippen LogP) is 3.61. The van der Waals surface area contributed by atoms with Gasteiger partial charge >= 0.3 is 0 Å². The molecule has 0 aromatic carbocycles. The number of azo groups is 1. The number of nitrogens with zero attached hydrogens (tertiary/aromatic N) is 5. The molecule has 0 aliphatic rings. The molecule has 8 nitrogen and oxygen atoms in total. The molecule has 0 amide bonds. The number of nitrogens with one attached hydrogen (secondary N) is 1. The Bertz CT molecular complexity index is 835. The van der Waals surface area contributed by atoms with Crippen LogP contribution in [-0.4, -0.2) is 32.8 Å². The van der Waals surface area contributed by atoms with Crippen molar-refractivity contribution in [2.24, 2.45) is 10.2 Å². The molecule has 0 spiro atoms. The lowest BCUT2D eigenvalue weighted by Gasteiger charge is -2.07. The van der Waals surface area contributed by atoms with Gasteiger partial charge in [0.05, 0.1) is 5.39 Å². The van der Waals surface area contributed by atoms with Crippen LogP contribution in [0.1, 0.15) is 6.92 Å². The monoisotopic (exact) mass is 330 g/mol. The summed E-state index contributed by atoms with van der Waals surface area (Å²) in [5, 5.41) is 22.4. The van der Waals surface area contributed by atoms with Crippen LogP contribution < -0.4 is 5.32 Å². The molecule has 0 bridgehead atoms. The van der Waals surface area contributed by atoms with Gasteiger partial charge in [-0.15, -0.1) is 10.2 Å². The molecule has 118 valence electrons. The maximum atomic E-state index is 9.76. The number of aromatic nitrogens is 3. The van der Waals surface area contributed by atoms with E-state index in [4.69, 9.17) is 4.74 Å². The second-order valence-corrected chi connectivity index (χ2v) is 5.17. The van der Waals surface area contributed by atoms with Crippen LogP contribution in [0.3, 0.4) is 0 Å². The lowest BCUT2D eigenvalue weighted by Crippen LogP contribution is -2.06. The number of ether oxygens (including phenoxy) is 1. The molecule has 0 aliphatic carbocycles. The zero-order valence-corrected chi connectivity index (χ0v) is 13.1. The smallest absolute Gasteiger partial charge is 0.176 e. The van der Waals surface area contributed by atoms with Gasteiger partial charge in [0, 0.05) is 12.8 Å². The Balaban J connectivity index is 1.80. The van der Waals surface area contributed by atoms with Crippen molar-refractivity contribution in [1.82, 2.24) is 14.3 Å². The van der Waals surface area contributed by atoms with Crippen molar-refractivity contribution < 1.29 is 9.84 Å². The Morgan fingerprint density at radius 1 is 1.30 bits per heavy atom. The predicted molar refractivity (Wildman–Crippen MR) is 87.6 cm³/mol. The van der Waals surface area contributed by atoms with Gasteiger partial charge in [-0.3, -0.25) is 0 Å². The van der Waals surface area contributed by atoms with E-state index in [0.29, 0.717) is 28.9 Å². The van der Waals surface area contributed by atoms with E-state index in [9.17, 15) is 5.11 Å². The van der Waals surface area contributed by atoms with Crippen LogP contribution in [0.4, 0.5) is 16.6 Å². The summed E-state index contributed by atoms with van der Waals surface area (Å²) in [6.45, 7) is 2.70. The summed E-state index contributed by atoms with van der Waals surface area (Å²) >= 11 is 1.22. The Labute approximate surface area is 136 Å². The molecule has 0 saturated carbocycles. The van der Waals surface area contributed by atoms with Gasteiger partial charge in [0.2, 0.25) is 0 Å². The number of hydrogen-bond donors (Lipinski definition) is 2. The van der Waals surface area contributed by atoms with Crippen molar-refractivity contribution in [3.63, 3.8) is 0 Å². The highest BCUT2D eigenvalue weighted by Gasteiger charge is 2.07. The van der Waals surface area contributed by atoms with Gasteiger partial charge in [0.1, 0.15) is 6.73 Å². The summed E-state index contributed by atoms with van der Waals surface area (Å²) in [5.41, 5.74) is 0.643. The quantitative estimate of drug-likeness (QED) is 0.406. The van der Waals surface area contributed by atoms with Crippen LogP contribution in [0.15, 0.2) is 40.7 Å². The van der Waals surface area contributed by atoms with Crippen LogP contribution in [0.2, 0.25) is 0 Å². The van der Waals surface area contributed by atoms with Crippen molar-refractivity contribution in [2.75, 3.05) is 18.7 Å². The van der Waals surface area contributed by atoms with Crippen molar-refractivity contribution in [3.8, 4) is 5.75 Å². The van der Waals surface area contributed by atoms with Crippen molar-refractivity contribution >= 4 is 39.2 Å². The number of hydrogen-bond acceptors (Lipinski definition) is 9. The summed E-state index contributed by atoms with van der Waals surface area (Å²) in [6, 6.07) is 6.79. The second kappa shape index (κ2) is 7.07. The van der Waals surface area contributed by atoms with E-state index in [1.54, 1.807) is 12.3 Å². The minimum atomic E-state index is 0.0242. The average molecular weight is 330 g/mol. The maximum absolute atomic E-state index is 9.76. The molecule has 0 radical (unpaired) electrons. The fourth-order valence-corrected chi connectivity index (χ4v) is 2.44. The van der Waals surface area contributed by atoms with E-state index >= 15 is 0 Å². The number of pyridine rings is 2. The lowest BCUT2D eigenvalue weighted by atomic mass is 10.3. The van der Waals surface area contributed by atoms with E-state index in [1.807, 2.05) is 19.1 Å². The molecular formula is C14H14N6O2S. The molecule has 0 atom stereocenters. The standard InChI is InChI=1S/C14H14N6O2S/c1-2-22-8-16-13-10(21)5-6-11(17-13)18-19-14-9-4-3-7-15-12(9)20-23-14/h3-7,21H,2,8H2,1H3,(H,16,17). The van der Waals surface area contributed by atoms with Crippen LogP contribution >= 0.6 is 11.5 Å². The van der Waals surface area contributed by atoms with Crippen LogP contribution in [0.5, 0.6) is 5.75 Å².